The first-order valence-electron chi connectivity index (χ1n) is 25.0. The lowest BCUT2D eigenvalue weighted by Gasteiger charge is -2.30. The zero-order valence-corrected chi connectivity index (χ0v) is 39.5. The smallest absolute Gasteiger partial charge is 0.137 e. The Labute approximate surface area is 404 Å². The summed E-state index contributed by atoms with van der Waals surface area (Å²) in [7, 11) is 0. The van der Waals surface area contributed by atoms with Crippen LogP contribution in [0.4, 0.5) is 22.7 Å². The van der Waals surface area contributed by atoms with Gasteiger partial charge < -0.3 is 14.5 Å². The van der Waals surface area contributed by atoms with Crippen LogP contribution in [0.2, 0.25) is 0 Å². The Morgan fingerprint density at radius 1 is 0.485 bits per heavy atom. The van der Waals surface area contributed by atoms with Gasteiger partial charge in [-0.15, -0.1) is 0 Å². The van der Waals surface area contributed by atoms with Crippen molar-refractivity contribution < 1.29 is 8.85 Å². The van der Waals surface area contributed by atoms with Crippen molar-refractivity contribution in [3.8, 4) is 50.7 Å². The molecule has 0 atom stereocenters. The second kappa shape index (κ2) is 16.8. The number of para-hydroxylation sites is 3. The standard InChI is InChI=1S/C63H56N4O/c1-42-34-35-64-60(36-42)67-56-21-12-11-20-52(56)53-33-32-51(40-59(53)67)68-50-19-15-18-49(39-50)65-41-66(58-23-14-13-22-57(58)65)61-54(45-26-24-44(25-27-45)43-16-9-8-10-17-43)37-48(63(5,6)7)38-55(61)46-28-30-47(31-29-46)62(2,3)4/h8-40H,41H2,1-7H3/i1D3. The lowest BCUT2D eigenvalue weighted by Crippen LogP contribution is -2.25. The molecule has 10 aromatic rings. The number of fused-ring (bicyclic) bond motifs is 4. The Hall–Kier alpha value is -7.89. The number of rotatable bonds is 8. The molecule has 1 aliphatic heterocycles. The predicted molar refractivity (Wildman–Crippen MR) is 286 cm³/mol. The van der Waals surface area contributed by atoms with E-state index >= 15 is 0 Å². The third kappa shape index (κ3) is 7.88. The van der Waals surface area contributed by atoms with E-state index in [0.29, 0.717) is 24.0 Å². The van der Waals surface area contributed by atoms with E-state index < -0.39 is 6.85 Å². The van der Waals surface area contributed by atoms with E-state index in [1.54, 1.807) is 18.3 Å². The normalized spacial score (nSPS) is 13.6. The topological polar surface area (TPSA) is 33.5 Å². The Balaban J connectivity index is 1.01. The Kier molecular flexibility index (Phi) is 9.69. The number of benzene rings is 8. The third-order valence-corrected chi connectivity index (χ3v) is 13.3. The van der Waals surface area contributed by atoms with Crippen LogP contribution in [0.5, 0.6) is 11.5 Å². The van der Waals surface area contributed by atoms with E-state index in [1.807, 2.05) is 41.0 Å². The molecule has 0 N–H and O–H groups in total. The summed E-state index contributed by atoms with van der Waals surface area (Å²) < 4.78 is 33.1. The molecular weight excluding hydrogens is 829 g/mol. The molecule has 1 aliphatic rings. The molecule has 5 heteroatoms. The Bertz CT molecular complexity index is 3600. The first-order valence-corrected chi connectivity index (χ1v) is 23.5. The molecule has 5 nitrogen and oxygen atoms in total. The zero-order valence-electron chi connectivity index (χ0n) is 42.5. The largest absolute Gasteiger partial charge is 0.457 e. The van der Waals surface area contributed by atoms with Crippen LogP contribution in [0, 0.1) is 6.85 Å². The van der Waals surface area contributed by atoms with E-state index in [4.69, 9.17) is 8.85 Å². The highest BCUT2D eigenvalue weighted by atomic mass is 16.5. The third-order valence-electron chi connectivity index (χ3n) is 13.3. The summed E-state index contributed by atoms with van der Waals surface area (Å²) in [5, 5.41) is 2.06. The highest BCUT2D eigenvalue weighted by Gasteiger charge is 2.33. The van der Waals surface area contributed by atoms with E-state index in [9.17, 15) is 0 Å². The van der Waals surface area contributed by atoms with Crippen LogP contribution >= 0.6 is 0 Å². The summed E-state index contributed by atoms with van der Waals surface area (Å²) in [6, 6.07) is 68.1. The second-order valence-corrected chi connectivity index (χ2v) is 20.0. The number of hydrogen-bond acceptors (Lipinski definition) is 4. The average molecular weight is 888 g/mol. The molecule has 0 bridgehead atoms. The van der Waals surface area contributed by atoms with Gasteiger partial charge in [0.1, 0.15) is 24.0 Å². The van der Waals surface area contributed by atoms with Gasteiger partial charge in [-0.3, -0.25) is 4.57 Å². The molecule has 0 fully saturated rings. The molecule has 3 heterocycles. The highest BCUT2D eigenvalue weighted by molar-refractivity contribution is 6.09. The molecule has 11 rings (SSSR count). The number of nitrogens with zero attached hydrogens (tertiary/aromatic N) is 4. The van der Waals surface area contributed by atoms with E-state index in [-0.39, 0.29) is 16.4 Å². The SMILES string of the molecule is [2H]C([2H])([2H])c1ccnc(-n2c3ccccc3c3ccc(Oc4cccc(N5CN(c6c(-c7ccc(-c8ccccc8)cc7)cc(C(C)(C)C)cc6-c6ccc(C(C)(C)C)cc6)c6ccccc65)c4)cc32)c1. The molecule has 334 valence electrons. The van der Waals surface area contributed by atoms with Gasteiger partial charge in [-0.05, 0) is 123 Å². The van der Waals surface area contributed by atoms with Gasteiger partial charge in [-0.2, -0.15) is 0 Å². The van der Waals surface area contributed by atoms with Crippen molar-refractivity contribution >= 4 is 44.6 Å². The number of anilines is 4. The maximum absolute atomic E-state index is 8.10. The summed E-state index contributed by atoms with van der Waals surface area (Å²) >= 11 is 0. The number of ether oxygens (including phenoxy) is 1. The first-order chi connectivity index (χ1) is 34.1. The molecule has 2 aromatic heterocycles. The van der Waals surface area contributed by atoms with Crippen molar-refractivity contribution in [2.75, 3.05) is 16.5 Å². The fourth-order valence-electron chi connectivity index (χ4n) is 9.70. The minimum Gasteiger partial charge on any atom is -0.457 e. The quantitative estimate of drug-likeness (QED) is 0.152. The molecule has 0 saturated carbocycles. The van der Waals surface area contributed by atoms with Gasteiger partial charge >= 0.3 is 0 Å². The number of aryl methyl sites for hydroxylation is 1. The number of aromatic nitrogens is 2. The van der Waals surface area contributed by atoms with Gasteiger partial charge in [0, 0.05) is 50.0 Å². The van der Waals surface area contributed by atoms with Gasteiger partial charge in [0.05, 0.1) is 28.1 Å². The van der Waals surface area contributed by atoms with Crippen LogP contribution in [0.3, 0.4) is 0 Å². The monoisotopic (exact) mass is 887 g/mol. The van der Waals surface area contributed by atoms with Crippen LogP contribution in [-0.4, -0.2) is 16.2 Å². The van der Waals surface area contributed by atoms with Crippen molar-refractivity contribution in [1.29, 1.82) is 0 Å². The predicted octanol–water partition coefficient (Wildman–Crippen LogP) is 17.1. The summed E-state index contributed by atoms with van der Waals surface area (Å²) in [5.41, 5.74) is 15.9. The number of hydrogen-bond donors (Lipinski definition) is 0. The Morgan fingerprint density at radius 2 is 1.09 bits per heavy atom. The molecule has 0 spiro atoms. The lowest BCUT2D eigenvalue weighted by molar-refractivity contribution is 0.483. The molecule has 0 saturated heterocycles. The van der Waals surface area contributed by atoms with E-state index in [1.165, 1.54) is 38.9 Å². The van der Waals surface area contributed by atoms with Crippen molar-refractivity contribution in [2.45, 2.75) is 59.2 Å². The molecule has 0 aliphatic carbocycles. The minimum absolute atomic E-state index is 0.0205. The van der Waals surface area contributed by atoms with E-state index in [2.05, 4.69) is 202 Å². The zero-order chi connectivity index (χ0) is 49.2. The summed E-state index contributed by atoms with van der Waals surface area (Å²) in [4.78, 5) is 9.53. The molecule has 8 aromatic carbocycles. The van der Waals surface area contributed by atoms with Crippen molar-refractivity contribution in [3.05, 3.63) is 217 Å². The fourth-order valence-corrected chi connectivity index (χ4v) is 9.70. The van der Waals surface area contributed by atoms with Gasteiger partial charge in [-0.1, -0.05) is 157 Å². The van der Waals surface area contributed by atoms with Crippen LogP contribution in [0.25, 0.3) is 61.0 Å². The van der Waals surface area contributed by atoms with Crippen LogP contribution in [0.1, 0.15) is 62.3 Å². The molecular formula is C63H56N4O. The van der Waals surface area contributed by atoms with Gasteiger partial charge in [0.15, 0.2) is 0 Å². The van der Waals surface area contributed by atoms with Gasteiger partial charge in [-0.25, -0.2) is 4.98 Å². The highest BCUT2D eigenvalue weighted by Crippen LogP contribution is 2.52. The second-order valence-electron chi connectivity index (χ2n) is 20.0. The summed E-state index contributed by atoms with van der Waals surface area (Å²) in [6.07, 6.45) is 1.57. The lowest BCUT2D eigenvalue weighted by atomic mass is 9.81. The van der Waals surface area contributed by atoms with Gasteiger partial charge in [0.2, 0.25) is 0 Å². The summed E-state index contributed by atoms with van der Waals surface area (Å²) in [5.74, 6) is 1.88. The van der Waals surface area contributed by atoms with Crippen molar-refractivity contribution in [3.63, 3.8) is 0 Å². The van der Waals surface area contributed by atoms with Crippen molar-refractivity contribution in [2.24, 2.45) is 0 Å². The van der Waals surface area contributed by atoms with Crippen molar-refractivity contribution in [1.82, 2.24) is 9.55 Å². The molecule has 0 radical (unpaired) electrons. The number of pyridine rings is 1. The van der Waals surface area contributed by atoms with E-state index in [0.717, 1.165) is 50.1 Å². The Morgan fingerprint density at radius 3 is 1.79 bits per heavy atom. The molecule has 0 unspecified atom stereocenters. The van der Waals surface area contributed by atoms with Gasteiger partial charge in [0.25, 0.3) is 0 Å². The molecule has 0 amide bonds. The first kappa shape index (κ1) is 39.3. The summed E-state index contributed by atoms with van der Waals surface area (Å²) in [6.45, 7) is 12.0. The maximum atomic E-state index is 8.10. The van der Waals surface area contributed by atoms with Crippen LogP contribution in [-0.2, 0) is 10.8 Å². The molecule has 68 heavy (non-hydrogen) atoms. The average Bonchev–Trinajstić information content (AvgIpc) is 3.92. The maximum Gasteiger partial charge on any atom is 0.137 e. The van der Waals surface area contributed by atoms with Crippen LogP contribution < -0.4 is 14.5 Å². The fraction of sp³-hybridized carbons (Fsp3) is 0.159. The minimum atomic E-state index is -2.27. The van der Waals surface area contributed by atoms with Crippen LogP contribution in [0.15, 0.2) is 200 Å².